The first-order valence-electron chi connectivity index (χ1n) is 6.88. The maximum absolute atomic E-state index is 12.5. The van der Waals surface area contributed by atoms with Crippen molar-refractivity contribution in [3.05, 3.63) is 34.7 Å². The fraction of sp³-hybridized carbons (Fsp3) is 0.286. The van der Waals surface area contributed by atoms with Gasteiger partial charge in [0.05, 0.1) is 12.1 Å². The predicted octanol–water partition coefficient (Wildman–Crippen LogP) is 1.60. The molecule has 0 saturated heterocycles. The molecule has 0 aliphatic heterocycles. The van der Waals surface area contributed by atoms with E-state index in [-0.39, 0.29) is 18.3 Å². The lowest BCUT2D eigenvalue weighted by Crippen LogP contribution is -2.27. The Balaban J connectivity index is 2.23. The maximum atomic E-state index is 12.5. The average Bonchev–Trinajstić information content (AvgIpc) is 2.92. The number of aromatic nitrogens is 4. The summed E-state index contributed by atoms with van der Waals surface area (Å²) in [7, 11) is 0. The smallest absolute Gasteiger partial charge is 0.434 e. The van der Waals surface area contributed by atoms with Crippen LogP contribution in [0.15, 0.2) is 29.1 Å². The molecule has 2 heterocycles. The fourth-order valence-electron chi connectivity index (χ4n) is 2.29. The van der Waals surface area contributed by atoms with Gasteiger partial charge in [-0.15, -0.1) is 5.10 Å². The van der Waals surface area contributed by atoms with Gasteiger partial charge in [0.15, 0.2) is 5.65 Å². The van der Waals surface area contributed by atoms with Gasteiger partial charge >= 0.3 is 17.9 Å². The molecule has 2 aromatic heterocycles. The zero-order valence-corrected chi connectivity index (χ0v) is 12.1. The van der Waals surface area contributed by atoms with Crippen LogP contribution in [0.4, 0.5) is 4.79 Å². The van der Waals surface area contributed by atoms with E-state index >= 15 is 0 Å². The first-order valence-corrected chi connectivity index (χ1v) is 6.88. The summed E-state index contributed by atoms with van der Waals surface area (Å²) in [5.74, 6) is 0. The van der Waals surface area contributed by atoms with Crippen molar-refractivity contribution in [2.75, 3.05) is 6.61 Å². The molecule has 0 amide bonds. The van der Waals surface area contributed by atoms with E-state index in [4.69, 9.17) is 4.74 Å². The first-order chi connectivity index (χ1) is 10.7. The van der Waals surface area contributed by atoms with E-state index in [1.807, 2.05) is 31.2 Å². The Bertz CT molecular complexity index is 912. The third-order valence-electron chi connectivity index (χ3n) is 3.19. The molecule has 0 bridgehead atoms. The monoisotopic (exact) mass is 302 g/mol. The second-order valence-electron chi connectivity index (χ2n) is 4.46. The van der Waals surface area contributed by atoms with Gasteiger partial charge < -0.3 is 9.47 Å². The number of carbonyl (C=O) groups excluding carboxylic acids is 1. The van der Waals surface area contributed by atoms with Gasteiger partial charge in [-0.25, -0.2) is 9.59 Å². The highest BCUT2D eigenvalue weighted by Gasteiger charge is 2.16. The van der Waals surface area contributed by atoms with Gasteiger partial charge in [0, 0.05) is 11.9 Å². The number of nitrogens with zero attached hydrogens (tertiary/aromatic N) is 4. The van der Waals surface area contributed by atoms with Crippen LogP contribution in [0.25, 0.3) is 16.6 Å². The highest BCUT2D eigenvalue weighted by molar-refractivity contribution is 5.91. The molecule has 3 aromatic rings. The summed E-state index contributed by atoms with van der Waals surface area (Å²) in [6.45, 7) is 4.19. The van der Waals surface area contributed by atoms with Crippen molar-refractivity contribution in [2.24, 2.45) is 0 Å². The summed E-state index contributed by atoms with van der Waals surface area (Å²) in [4.78, 5) is 27.9. The number of aryl methyl sites for hydroxylation is 1. The number of hydrogen-bond acceptors (Lipinski definition) is 6. The van der Waals surface area contributed by atoms with Crippen LogP contribution in [0.2, 0.25) is 0 Å². The summed E-state index contributed by atoms with van der Waals surface area (Å²) in [6.07, 6.45) is -0.904. The minimum absolute atomic E-state index is 0.178. The molecule has 3 rings (SSSR count). The number of fused-ring (bicyclic) bond motifs is 3. The Morgan fingerprint density at radius 3 is 2.77 bits per heavy atom. The molecule has 0 aliphatic rings. The van der Waals surface area contributed by atoms with E-state index in [0.717, 1.165) is 15.4 Å². The van der Waals surface area contributed by atoms with Crippen molar-refractivity contribution in [1.29, 1.82) is 0 Å². The SMILES string of the molecule is CCOC(=O)Oc1nc2c3ccccc3n(CC)c(=O)n2n1. The number of hydrogen-bond donors (Lipinski definition) is 0. The van der Waals surface area contributed by atoms with Crippen LogP contribution < -0.4 is 10.4 Å². The summed E-state index contributed by atoms with van der Waals surface area (Å²) in [5, 5.41) is 4.69. The molecule has 0 N–H and O–H groups in total. The van der Waals surface area contributed by atoms with E-state index in [1.54, 1.807) is 11.5 Å². The summed E-state index contributed by atoms with van der Waals surface area (Å²) >= 11 is 0. The molecule has 0 radical (unpaired) electrons. The molecule has 0 aliphatic carbocycles. The highest BCUT2D eigenvalue weighted by Crippen LogP contribution is 2.18. The second-order valence-corrected chi connectivity index (χ2v) is 4.46. The molecule has 0 saturated carbocycles. The van der Waals surface area contributed by atoms with Crippen molar-refractivity contribution in [3.63, 3.8) is 0 Å². The number of carbonyl (C=O) groups is 1. The summed E-state index contributed by atoms with van der Waals surface area (Å²) < 4.78 is 12.2. The molecule has 0 fully saturated rings. The van der Waals surface area contributed by atoms with Crippen LogP contribution in [-0.2, 0) is 11.3 Å². The average molecular weight is 302 g/mol. The highest BCUT2D eigenvalue weighted by atomic mass is 16.7. The Labute approximate surface area is 124 Å². The lowest BCUT2D eigenvalue weighted by Gasteiger charge is -2.07. The standard InChI is InChI=1S/C14H14N4O4/c1-3-17-10-8-6-5-7-9(10)11-15-12(16-18(11)13(17)19)22-14(20)21-4-2/h5-8H,3-4H2,1-2H3. The summed E-state index contributed by atoms with van der Waals surface area (Å²) in [5.41, 5.74) is 0.740. The quantitative estimate of drug-likeness (QED) is 0.683. The number of rotatable bonds is 3. The first kappa shape index (κ1) is 14.1. The lowest BCUT2D eigenvalue weighted by molar-refractivity contribution is 0.101. The van der Waals surface area contributed by atoms with Crippen LogP contribution in [0.1, 0.15) is 13.8 Å². The van der Waals surface area contributed by atoms with Gasteiger partial charge in [0.1, 0.15) is 0 Å². The second kappa shape index (κ2) is 5.47. The molecular formula is C14H14N4O4. The van der Waals surface area contributed by atoms with Crippen molar-refractivity contribution in [1.82, 2.24) is 19.2 Å². The van der Waals surface area contributed by atoms with Gasteiger partial charge in [0.2, 0.25) is 0 Å². The number of ether oxygens (including phenoxy) is 2. The van der Waals surface area contributed by atoms with Crippen molar-refractivity contribution >= 4 is 22.7 Å². The van der Waals surface area contributed by atoms with Crippen molar-refractivity contribution < 1.29 is 14.3 Å². The molecule has 8 heteroatoms. The van der Waals surface area contributed by atoms with Crippen molar-refractivity contribution in [2.45, 2.75) is 20.4 Å². The van der Waals surface area contributed by atoms with Crippen LogP contribution in [0.5, 0.6) is 6.01 Å². The third-order valence-corrected chi connectivity index (χ3v) is 3.19. The zero-order valence-electron chi connectivity index (χ0n) is 12.1. The van der Waals surface area contributed by atoms with Gasteiger partial charge in [-0.3, -0.25) is 4.57 Å². The zero-order chi connectivity index (χ0) is 15.7. The molecule has 0 unspecified atom stereocenters. The van der Waals surface area contributed by atoms with Gasteiger partial charge in [-0.1, -0.05) is 12.1 Å². The Morgan fingerprint density at radius 1 is 1.27 bits per heavy atom. The van der Waals surface area contributed by atoms with Crippen LogP contribution in [0.3, 0.4) is 0 Å². The normalized spacial score (nSPS) is 11.0. The predicted molar refractivity (Wildman–Crippen MR) is 78.1 cm³/mol. The molecule has 0 spiro atoms. The van der Waals surface area contributed by atoms with Crippen LogP contribution in [-0.4, -0.2) is 31.9 Å². The molecule has 1 aromatic carbocycles. The molecule has 22 heavy (non-hydrogen) atoms. The molecule has 8 nitrogen and oxygen atoms in total. The van der Waals surface area contributed by atoms with Gasteiger partial charge in [-0.2, -0.15) is 9.50 Å². The number of para-hydroxylation sites is 1. The van der Waals surface area contributed by atoms with E-state index < -0.39 is 6.16 Å². The minimum Gasteiger partial charge on any atom is -0.434 e. The van der Waals surface area contributed by atoms with Crippen molar-refractivity contribution in [3.8, 4) is 6.01 Å². The Kier molecular flexibility index (Phi) is 3.50. The molecule has 0 atom stereocenters. The lowest BCUT2D eigenvalue weighted by atomic mass is 10.2. The third kappa shape index (κ3) is 2.18. The molecular weight excluding hydrogens is 288 g/mol. The van der Waals surface area contributed by atoms with Crippen LogP contribution in [0, 0.1) is 0 Å². The van der Waals surface area contributed by atoms with Crippen LogP contribution >= 0.6 is 0 Å². The fourth-order valence-corrected chi connectivity index (χ4v) is 2.29. The Hall–Kier alpha value is -2.90. The van der Waals surface area contributed by atoms with E-state index in [0.29, 0.717) is 12.2 Å². The largest absolute Gasteiger partial charge is 0.516 e. The molecule has 114 valence electrons. The topological polar surface area (TPSA) is 87.7 Å². The van der Waals surface area contributed by atoms with E-state index in [2.05, 4.69) is 14.8 Å². The van der Waals surface area contributed by atoms with E-state index in [1.165, 1.54) is 0 Å². The number of benzene rings is 1. The van der Waals surface area contributed by atoms with E-state index in [9.17, 15) is 9.59 Å². The minimum atomic E-state index is -0.904. The maximum Gasteiger partial charge on any atom is 0.516 e. The van der Waals surface area contributed by atoms with Gasteiger partial charge in [0.25, 0.3) is 0 Å². The van der Waals surface area contributed by atoms with Gasteiger partial charge in [-0.05, 0) is 26.0 Å². The summed E-state index contributed by atoms with van der Waals surface area (Å²) in [6, 6.07) is 7.14. The Morgan fingerprint density at radius 2 is 2.05 bits per heavy atom.